The molecule has 184 valence electrons. The summed E-state index contributed by atoms with van der Waals surface area (Å²) in [6.45, 7) is 4.41. The maximum atomic E-state index is 2.43. The molecule has 0 radical (unpaired) electrons. The Balaban J connectivity index is 1.25. The summed E-state index contributed by atoms with van der Waals surface area (Å²) in [5.74, 6) is 3.84. The zero-order valence-corrected chi connectivity index (χ0v) is 22.0. The zero-order valence-electron chi connectivity index (χ0n) is 22.0. The third kappa shape index (κ3) is 7.10. The Morgan fingerprint density at radius 3 is 2.15 bits per heavy atom. The van der Waals surface area contributed by atoms with Gasteiger partial charge in [-0.05, 0) is 97.8 Å². The first-order valence-electron chi connectivity index (χ1n) is 14.6. The van der Waals surface area contributed by atoms with Crippen LogP contribution in [0.4, 0.5) is 0 Å². The highest BCUT2D eigenvalue weighted by atomic mass is 14.4. The van der Waals surface area contributed by atoms with Gasteiger partial charge in [0.15, 0.2) is 0 Å². The first-order chi connectivity index (χ1) is 16.8. The Bertz CT molecular complexity index is 856. The molecule has 0 aromatic heterocycles. The van der Waals surface area contributed by atoms with Crippen molar-refractivity contribution in [2.75, 3.05) is 0 Å². The van der Waals surface area contributed by atoms with Crippen LogP contribution in [-0.2, 0) is 6.42 Å². The lowest BCUT2D eigenvalue weighted by molar-refractivity contribution is 0.113. The van der Waals surface area contributed by atoms with Crippen molar-refractivity contribution in [2.24, 2.45) is 17.8 Å². The lowest BCUT2D eigenvalue weighted by Gasteiger charge is -2.42. The third-order valence-electron chi connectivity index (χ3n) is 8.94. The fourth-order valence-corrected chi connectivity index (χ4v) is 6.82. The largest absolute Gasteiger partial charge is 0.0917 e. The molecule has 0 heteroatoms. The predicted molar refractivity (Wildman–Crippen MR) is 149 cm³/mol. The number of hydrogen-bond acceptors (Lipinski definition) is 0. The summed E-state index contributed by atoms with van der Waals surface area (Å²) in [6, 6.07) is 18.8. The standard InChI is InChI=1S/C34H48/c1-3-5-7-8-10-12-28-15-18-34-26-33(24-23-32(34)25-28)31-21-19-30(20-22-31)29-16-13-27(14-17-29)11-9-6-4-2/h4,6,13-14,16-17,19-22,28,32-34H,3,5,7-12,15,18,23-26H2,1-2H3. The van der Waals surface area contributed by atoms with Gasteiger partial charge in [0, 0.05) is 0 Å². The van der Waals surface area contributed by atoms with Gasteiger partial charge in [0.25, 0.3) is 0 Å². The van der Waals surface area contributed by atoms with Gasteiger partial charge in [-0.2, -0.15) is 0 Å². The number of hydrogen-bond donors (Lipinski definition) is 0. The quantitative estimate of drug-likeness (QED) is 0.233. The van der Waals surface area contributed by atoms with E-state index < -0.39 is 0 Å². The summed E-state index contributed by atoms with van der Waals surface area (Å²) in [6.07, 6.45) is 24.2. The van der Waals surface area contributed by atoms with E-state index in [1.165, 1.54) is 93.7 Å². The molecule has 2 aromatic carbocycles. The van der Waals surface area contributed by atoms with Crippen LogP contribution in [0.5, 0.6) is 0 Å². The van der Waals surface area contributed by atoms with Crippen LogP contribution < -0.4 is 0 Å². The van der Waals surface area contributed by atoms with Gasteiger partial charge in [-0.1, -0.05) is 113 Å². The smallest absolute Gasteiger partial charge is 0.0159 e. The molecule has 4 unspecified atom stereocenters. The molecule has 2 aromatic rings. The van der Waals surface area contributed by atoms with Gasteiger partial charge in [0.05, 0.1) is 0 Å². The lowest BCUT2D eigenvalue weighted by Crippen LogP contribution is -2.30. The van der Waals surface area contributed by atoms with Crippen molar-refractivity contribution < 1.29 is 0 Å². The molecule has 2 aliphatic rings. The maximum Gasteiger partial charge on any atom is -0.0159 e. The molecule has 0 aliphatic heterocycles. The van der Waals surface area contributed by atoms with Crippen molar-refractivity contribution in [3.8, 4) is 11.1 Å². The average Bonchev–Trinajstić information content (AvgIpc) is 2.89. The Kier molecular flexibility index (Phi) is 9.90. The minimum atomic E-state index is 0.787. The second-order valence-electron chi connectivity index (χ2n) is 11.3. The van der Waals surface area contributed by atoms with Gasteiger partial charge >= 0.3 is 0 Å². The van der Waals surface area contributed by atoms with Gasteiger partial charge in [0.2, 0.25) is 0 Å². The van der Waals surface area contributed by atoms with Crippen LogP contribution in [0, 0.1) is 17.8 Å². The summed E-state index contributed by atoms with van der Waals surface area (Å²) in [7, 11) is 0. The zero-order chi connectivity index (χ0) is 23.6. The SMILES string of the molecule is CC=CCCc1ccc(-c2ccc(C3CCC4CC(CCCCCCC)CCC4C3)cc2)cc1. The monoisotopic (exact) mass is 456 g/mol. The molecule has 34 heavy (non-hydrogen) atoms. The second-order valence-corrected chi connectivity index (χ2v) is 11.3. The highest BCUT2D eigenvalue weighted by molar-refractivity contribution is 5.64. The molecule has 0 bridgehead atoms. The summed E-state index contributed by atoms with van der Waals surface area (Å²) in [5, 5.41) is 0. The molecule has 4 rings (SSSR count). The van der Waals surface area contributed by atoms with Crippen LogP contribution >= 0.6 is 0 Å². The number of unbranched alkanes of at least 4 members (excludes halogenated alkanes) is 4. The van der Waals surface area contributed by atoms with Crippen LogP contribution in [0.1, 0.15) is 114 Å². The van der Waals surface area contributed by atoms with E-state index in [4.69, 9.17) is 0 Å². The van der Waals surface area contributed by atoms with E-state index in [0.717, 1.165) is 36.5 Å². The molecule has 2 aliphatic carbocycles. The average molecular weight is 457 g/mol. The third-order valence-corrected chi connectivity index (χ3v) is 8.94. The normalized spacial score (nSPS) is 24.9. The van der Waals surface area contributed by atoms with Crippen molar-refractivity contribution in [1.82, 2.24) is 0 Å². The van der Waals surface area contributed by atoms with Gasteiger partial charge in [0.1, 0.15) is 0 Å². The van der Waals surface area contributed by atoms with Crippen molar-refractivity contribution in [1.29, 1.82) is 0 Å². The predicted octanol–water partition coefficient (Wildman–Crippen LogP) is 10.5. The highest BCUT2D eigenvalue weighted by Gasteiger charge is 2.35. The molecule has 4 atom stereocenters. The number of fused-ring (bicyclic) bond motifs is 1. The Hall–Kier alpha value is -1.82. The van der Waals surface area contributed by atoms with E-state index in [1.807, 2.05) is 0 Å². The minimum absolute atomic E-state index is 0.787. The fourth-order valence-electron chi connectivity index (χ4n) is 6.82. The van der Waals surface area contributed by atoms with Crippen molar-refractivity contribution in [2.45, 2.75) is 110 Å². The molecule has 2 saturated carbocycles. The summed E-state index contributed by atoms with van der Waals surface area (Å²) in [5.41, 5.74) is 5.72. The highest BCUT2D eigenvalue weighted by Crippen LogP contribution is 2.48. The van der Waals surface area contributed by atoms with Crippen LogP contribution in [0.2, 0.25) is 0 Å². The molecule has 0 N–H and O–H groups in total. The first-order valence-corrected chi connectivity index (χ1v) is 14.6. The van der Waals surface area contributed by atoms with Crippen LogP contribution in [0.15, 0.2) is 60.7 Å². The van der Waals surface area contributed by atoms with Gasteiger partial charge < -0.3 is 0 Å². The van der Waals surface area contributed by atoms with Crippen LogP contribution in [0.25, 0.3) is 11.1 Å². The van der Waals surface area contributed by atoms with Crippen LogP contribution in [0.3, 0.4) is 0 Å². The Labute approximate surface area is 210 Å². The van der Waals surface area contributed by atoms with Crippen molar-refractivity contribution in [3.63, 3.8) is 0 Å². The van der Waals surface area contributed by atoms with E-state index in [0.29, 0.717) is 0 Å². The van der Waals surface area contributed by atoms with Crippen molar-refractivity contribution >= 4 is 0 Å². The minimum Gasteiger partial charge on any atom is -0.0917 e. The molecule has 0 nitrogen and oxygen atoms in total. The molecular formula is C34H48. The molecule has 0 spiro atoms. The fraction of sp³-hybridized carbons (Fsp3) is 0.588. The maximum absolute atomic E-state index is 2.43. The van der Waals surface area contributed by atoms with E-state index >= 15 is 0 Å². The van der Waals surface area contributed by atoms with E-state index in [2.05, 4.69) is 74.5 Å². The summed E-state index contributed by atoms with van der Waals surface area (Å²) < 4.78 is 0. The molecular weight excluding hydrogens is 408 g/mol. The number of rotatable bonds is 11. The first kappa shape index (κ1) is 25.3. The van der Waals surface area contributed by atoms with E-state index in [-0.39, 0.29) is 0 Å². The van der Waals surface area contributed by atoms with Gasteiger partial charge in [-0.3, -0.25) is 0 Å². The second kappa shape index (κ2) is 13.3. The molecule has 0 amide bonds. The Morgan fingerprint density at radius 2 is 1.41 bits per heavy atom. The molecule has 2 fully saturated rings. The molecule has 0 heterocycles. The van der Waals surface area contributed by atoms with Gasteiger partial charge in [-0.25, -0.2) is 0 Å². The topological polar surface area (TPSA) is 0 Å². The molecule has 0 saturated heterocycles. The van der Waals surface area contributed by atoms with Gasteiger partial charge in [-0.15, -0.1) is 0 Å². The van der Waals surface area contributed by atoms with Crippen molar-refractivity contribution in [3.05, 3.63) is 71.8 Å². The van der Waals surface area contributed by atoms with E-state index in [9.17, 15) is 0 Å². The number of allylic oxidation sites excluding steroid dienone is 2. The summed E-state index contributed by atoms with van der Waals surface area (Å²) in [4.78, 5) is 0. The Morgan fingerprint density at radius 1 is 0.735 bits per heavy atom. The number of benzene rings is 2. The number of aryl methyl sites for hydroxylation is 1. The van der Waals surface area contributed by atoms with Crippen LogP contribution in [-0.4, -0.2) is 0 Å². The lowest BCUT2D eigenvalue weighted by atomic mass is 9.63. The summed E-state index contributed by atoms with van der Waals surface area (Å²) >= 11 is 0. The van der Waals surface area contributed by atoms with E-state index in [1.54, 1.807) is 5.56 Å².